The summed E-state index contributed by atoms with van der Waals surface area (Å²) in [7, 11) is 2.87. The van der Waals surface area contributed by atoms with E-state index >= 15 is 0 Å². The highest BCUT2D eigenvalue weighted by atomic mass is 35.5. The Bertz CT molecular complexity index is 430. The molecule has 0 spiro atoms. The number of ether oxygens (including phenoxy) is 1. The highest BCUT2D eigenvalue weighted by Crippen LogP contribution is 2.08. The van der Waals surface area contributed by atoms with E-state index in [0.29, 0.717) is 6.42 Å². The van der Waals surface area contributed by atoms with Gasteiger partial charge in [-0.25, -0.2) is 4.79 Å². The molecule has 1 heterocycles. The van der Waals surface area contributed by atoms with Gasteiger partial charge in [0.1, 0.15) is 11.7 Å². The monoisotopic (exact) mass is 259 g/mol. The Hall–Kier alpha value is -1.56. The summed E-state index contributed by atoms with van der Waals surface area (Å²) in [6.07, 6.45) is 0.448. The first kappa shape index (κ1) is 13.5. The fourth-order valence-electron chi connectivity index (χ4n) is 1.35. The Morgan fingerprint density at radius 2 is 2.29 bits per heavy atom. The van der Waals surface area contributed by atoms with Crippen molar-refractivity contribution < 1.29 is 14.3 Å². The van der Waals surface area contributed by atoms with Gasteiger partial charge >= 0.3 is 5.97 Å². The molecule has 1 N–H and O–H groups in total. The number of aryl methyl sites for hydroxylation is 1. The van der Waals surface area contributed by atoms with Gasteiger partial charge < -0.3 is 10.1 Å². The number of esters is 1. The van der Waals surface area contributed by atoms with Gasteiger partial charge in [-0.1, -0.05) is 18.5 Å². The minimum absolute atomic E-state index is 0.226. The molecule has 0 saturated heterocycles. The first-order valence-corrected chi connectivity index (χ1v) is 5.45. The van der Waals surface area contributed by atoms with Crippen LogP contribution in [0.25, 0.3) is 0 Å². The van der Waals surface area contributed by atoms with E-state index in [1.54, 1.807) is 14.0 Å². The van der Waals surface area contributed by atoms with E-state index in [-0.39, 0.29) is 10.8 Å². The van der Waals surface area contributed by atoms with Crippen LogP contribution in [-0.4, -0.2) is 34.8 Å². The number of carbonyl (C=O) groups excluding carboxylic acids is 2. The number of rotatable bonds is 4. The van der Waals surface area contributed by atoms with Crippen molar-refractivity contribution in [2.75, 3.05) is 7.11 Å². The van der Waals surface area contributed by atoms with Crippen LogP contribution in [0, 0.1) is 0 Å². The molecule has 7 heteroatoms. The van der Waals surface area contributed by atoms with Gasteiger partial charge in [0.05, 0.1) is 7.11 Å². The van der Waals surface area contributed by atoms with Crippen molar-refractivity contribution in [2.45, 2.75) is 19.4 Å². The molecular formula is C10H14ClN3O3. The summed E-state index contributed by atoms with van der Waals surface area (Å²) < 4.78 is 5.92. The number of nitrogens with one attached hydrogen (secondary N) is 1. The second-order valence-corrected chi connectivity index (χ2v) is 3.82. The van der Waals surface area contributed by atoms with E-state index in [1.165, 1.54) is 17.9 Å². The maximum absolute atomic E-state index is 11.8. The molecular weight excluding hydrogens is 246 g/mol. The van der Waals surface area contributed by atoms with Crippen molar-refractivity contribution >= 4 is 23.5 Å². The van der Waals surface area contributed by atoms with Gasteiger partial charge in [-0.2, -0.15) is 5.10 Å². The topological polar surface area (TPSA) is 73.2 Å². The van der Waals surface area contributed by atoms with Gasteiger partial charge in [0, 0.05) is 13.1 Å². The Kier molecular flexibility index (Phi) is 4.51. The van der Waals surface area contributed by atoms with Crippen LogP contribution >= 0.6 is 11.6 Å². The fourth-order valence-corrected chi connectivity index (χ4v) is 1.56. The molecule has 1 atom stereocenters. The number of methoxy groups -OCH3 is 1. The van der Waals surface area contributed by atoms with Crippen LogP contribution < -0.4 is 5.32 Å². The first-order valence-electron chi connectivity index (χ1n) is 5.07. The van der Waals surface area contributed by atoms with Crippen LogP contribution in [0.5, 0.6) is 0 Å². The number of hydrogen-bond acceptors (Lipinski definition) is 4. The summed E-state index contributed by atoms with van der Waals surface area (Å²) in [4.78, 5) is 23.1. The third-order valence-corrected chi connectivity index (χ3v) is 2.47. The fraction of sp³-hybridized carbons (Fsp3) is 0.500. The van der Waals surface area contributed by atoms with Gasteiger partial charge in [0.2, 0.25) is 0 Å². The van der Waals surface area contributed by atoms with Crippen LogP contribution in [0.4, 0.5) is 0 Å². The SMILES string of the molecule is CC[C@H](NC(=O)c1cc(Cl)nn1C)C(=O)OC. The minimum Gasteiger partial charge on any atom is -0.467 e. The quantitative estimate of drug-likeness (QED) is 0.810. The zero-order chi connectivity index (χ0) is 13.0. The smallest absolute Gasteiger partial charge is 0.328 e. The molecule has 0 aliphatic rings. The lowest BCUT2D eigenvalue weighted by Gasteiger charge is -2.14. The average Bonchev–Trinajstić information content (AvgIpc) is 2.64. The van der Waals surface area contributed by atoms with Crippen molar-refractivity contribution in [1.29, 1.82) is 0 Å². The largest absolute Gasteiger partial charge is 0.467 e. The van der Waals surface area contributed by atoms with Gasteiger partial charge in [0.25, 0.3) is 5.91 Å². The summed E-state index contributed by atoms with van der Waals surface area (Å²) in [5.41, 5.74) is 0.289. The normalized spacial score (nSPS) is 12.0. The van der Waals surface area contributed by atoms with E-state index in [0.717, 1.165) is 0 Å². The predicted octanol–water partition coefficient (Wildman–Crippen LogP) is 0.755. The number of halogens is 1. The molecule has 0 radical (unpaired) electrons. The molecule has 0 fully saturated rings. The highest BCUT2D eigenvalue weighted by Gasteiger charge is 2.21. The minimum atomic E-state index is -0.666. The van der Waals surface area contributed by atoms with Crippen molar-refractivity contribution in [1.82, 2.24) is 15.1 Å². The number of nitrogens with zero attached hydrogens (tertiary/aromatic N) is 2. The number of amides is 1. The maximum atomic E-state index is 11.8. The van der Waals surface area contributed by atoms with Gasteiger partial charge in [-0.15, -0.1) is 0 Å². The summed E-state index contributed by atoms with van der Waals surface area (Å²) in [5.74, 6) is -0.890. The van der Waals surface area contributed by atoms with Gasteiger partial charge in [-0.3, -0.25) is 9.48 Å². The highest BCUT2D eigenvalue weighted by molar-refractivity contribution is 6.29. The molecule has 0 bridgehead atoms. The van der Waals surface area contributed by atoms with Crippen LogP contribution in [0.1, 0.15) is 23.8 Å². The van der Waals surface area contributed by atoms with Crippen molar-refractivity contribution in [3.8, 4) is 0 Å². The predicted molar refractivity (Wildman–Crippen MR) is 61.8 cm³/mol. The molecule has 1 aromatic heterocycles. The summed E-state index contributed by atoms with van der Waals surface area (Å²) in [5, 5.41) is 6.62. The lowest BCUT2D eigenvalue weighted by molar-refractivity contribution is -0.142. The maximum Gasteiger partial charge on any atom is 0.328 e. The van der Waals surface area contributed by atoms with E-state index in [4.69, 9.17) is 11.6 Å². The zero-order valence-corrected chi connectivity index (χ0v) is 10.6. The van der Waals surface area contributed by atoms with Crippen molar-refractivity contribution in [3.63, 3.8) is 0 Å². The average molecular weight is 260 g/mol. The Morgan fingerprint density at radius 1 is 1.65 bits per heavy atom. The van der Waals surface area contributed by atoms with Crippen LogP contribution in [-0.2, 0) is 16.6 Å². The Labute approximate surface area is 104 Å². The molecule has 6 nitrogen and oxygen atoms in total. The molecule has 17 heavy (non-hydrogen) atoms. The molecule has 1 aromatic rings. The van der Waals surface area contributed by atoms with Crippen molar-refractivity contribution in [2.24, 2.45) is 7.05 Å². The summed E-state index contributed by atoms with van der Waals surface area (Å²) in [6.45, 7) is 1.78. The van der Waals surface area contributed by atoms with E-state index in [9.17, 15) is 9.59 Å². The van der Waals surface area contributed by atoms with E-state index in [1.807, 2.05) is 0 Å². The van der Waals surface area contributed by atoms with Crippen LogP contribution in [0.15, 0.2) is 6.07 Å². The molecule has 0 aliphatic heterocycles. The van der Waals surface area contributed by atoms with Gasteiger partial charge in [-0.05, 0) is 6.42 Å². The molecule has 0 aliphatic carbocycles. The first-order chi connectivity index (χ1) is 7.99. The van der Waals surface area contributed by atoms with Crippen molar-refractivity contribution in [3.05, 3.63) is 16.9 Å². The lowest BCUT2D eigenvalue weighted by Crippen LogP contribution is -2.41. The third-order valence-electron chi connectivity index (χ3n) is 2.28. The second kappa shape index (κ2) is 5.67. The van der Waals surface area contributed by atoms with Crippen LogP contribution in [0.2, 0.25) is 5.15 Å². The lowest BCUT2D eigenvalue weighted by atomic mass is 10.2. The van der Waals surface area contributed by atoms with E-state index < -0.39 is 17.9 Å². The second-order valence-electron chi connectivity index (χ2n) is 3.43. The summed E-state index contributed by atoms with van der Waals surface area (Å²) >= 11 is 5.67. The molecule has 94 valence electrons. The molecule has 0 unspecified atom stereocenters. The Balaban J connectivity index is 2.78. The third kappa shape index (κ3) is 3.20. The molecule has 1 rings (SSSR count). The van der Waals surface area contributed by atoms with Crippen LogP contribution in [0.3, 0.4) is 0 Å². The number of hydrogen-bond donors (Lipinski definition) is 1. The number of aromatic nitrogens is 2. The standard InChI is InChI=1S/C10H14ClN3O3/c1-4-6(10(16)17-3)12-9(15)7-5-8(11)13-14(7)2/h5-6H,4H2,1-3H3,(H,12,15)/t6-/m0/s1. The van der Waals surface area contributed by atoms with E-state index in [2.05, 4.69) is 15.2 Å². The molecule has 1 amide bonds. The Morgan fingerprint density at radius 3 is 2.71 bits per heavy atom. The summed E-state index contributed by atoms with van der Waals surface area (Å²) in [6, 6.07) is 0.766. The van der Waals surface area contributed by atoms with Gasteiger partial charge in [0.15, 0.2) is 5.15 Å². The number of carbonyl (C=O) groups is 2. The zero-order valence-electron chi connectivity index (χ0n) is 9.86. The molecule has 0 saturated carbocycles. The molecule has 0 aromatic carbocycles.